The van der Waals surface area contributed by atoms with Gasteiger partial charge in [0.1, 0.15) is 5.82 Å². The molecule has 4 nitrogen and oxygen atoms in total. The number of benzene rings is 1. The molecule has 6 heteroatoms. The third-order valence-corrected chi connectivity index (χ3v) is 4.76. The average molecular weight is 326 g/mol. The summed E-state index contributed by atoms with van der Waals surface area (Å²) in [5.74, 6) is -0.515. The summed E-state index contributed by atoms with van der Waals surface area (Å²) < 4.78 is 13.8. The zero-order valence-corrected chi connectivity index (χ0v) is 13.2. The molecule has 1 saturated carbocycles. The maximum absolute atomic E-state index is 13.8. The van der Waals surface area contributed by atoms with Crippen LogP contribution in [0.3, 0.4) is 0 Å². The Labute approximate surface area is 135 Å². The molecule has 1 aliphatic heterocycles. The molecule has 0 radical (unpaired) electrons. The molecule has 1 heterocycles. The summed E-state index contributed by atoms with van der Waals surface area (Å²) in [5.41, 5.74) is 0.492. The van der Waals surface area contributed by atoms with Gasteiger partial charge in [0.25, 0.3) is 0 Å². The first-order chi connectivity index (χ1) is 10.7. The molecule has 1 saturated heterocycles. The van der Waals surface area contributed by atoms with E-state index >= 15 is 0 Å². The van der Waals surface area contributed by atoms with Gasteiger partial charge in [0, 0.05) is 61.7 Å². The van der Waals surface area contributed by atoms with Crippen LogP contribution in [0.4, 0.5) is 4.39 Å². The molecule has 0 aromatic heterocycles. The lowest BCUT2D eigenvalue weighted by atomic mass is 10.1. The third-order valence-electron chi connectivity index (χ3n) is 4.43. The number of amides is 1. The van der Waals surface area contributed by atoms with E-state index in [1.165, 1.54) is 6.07 Å². The molecule has 2 fully saturated rings. The molecule has 2 atom stereocenters. The van der Waals surface area contributed by atoms with E-state index in [9.17, 15) is 9.18 Å². The highest BCUT2D eigenvalue weighted by atomic mass is 35.5. The Morgan fingerprint density at radius 1 is 1.41 bits per heavy atom. The Morgan fingerprint density at radius 2 is 2.18 bits per heavy atom. The van der Waals surface area contributed by atoms with Crippen LogP contribution in [0.15, 0.2) is 18.2 Å². The van der Waals surface area contributed by atoms with Gasteiger partial charge in [-0.2, -0.15) is 0 Å². The Morgan fingerprint density at radius 3 is 2.91 bits per heavy atom. The van der Waals surface area contributed by atoms with Crippen molar-refractivity contribution in [3.8, 4) is 0 Å². The predicted molar refractivity (Wildman–Crippen MR) is 84.6 cm³/mol. The fourth-order valence-electron chi connectivity index (χ4n) is 3.07. The number of carbonyl (C=O) groups excluding carboxylic acids is 1. The molecule has 2 aliphatic rings. The Bertz CT molecular complexity index is 528. The van der Waals surface area contributed by atoms with Gasteiger partial charge in [0.05, 0.1) is 0 Å². The van der Waals surface area contributed by atoms with Crippen molar-refractivity contribution in [3.63, 3.8) is 0 Å². The van der Waals surface area contributed by atoms with E-state index in [1.807, 2.05) is 0 Å². The third kappa shape index (κ3) is 3.59. The van der Waals surface area contributed by atoms with Gasteiger partial charge in [-0.15, -0.1) is 0 Å². The molecule has 1 aromatic carbocycles. The molecule has 1 aliphatic carbocycles. The lowest BCUT2D eigenvalue weighted by Crippen LogP contribution is -2.46. The molecular weight excluding hydrogens is 305 g/mol. The van der Waals surface area contributed by atoms with Crippen molar-refractivity contribution < 1.29 is 9.18 Å². The molecular formula is C16H21ClFN3O. The average Bonchev–Trinajstić information content (AvgIpc) is 3.28. The summed E-state index contributed by atoms with van der Waals surface area (Å²) in [6, 6.07) is 4.67. The molecule has 120 valence electrons. The lowest BCUT2D eigenvalue weighted by Gasteiger charge is -2.27. The second kappa shape index (κ2) is 6.94. The molecule has 1 amide bonds. The van der Waals surface area contributed by atoms with Crippen molar-refractivity contribution >= 4 is 17.5 Å². The van der Waals surface area contributed by atoms with Crippen LogP contribution in [0.25, 0.3) is 0 Å². The van der Waals surface area contributed by atoms with Crippen LogP contribution in [0.5, 0.6) is 0 Å². The van der Waals surface area contributed by atoms with Crippen molar-refractivity contribution in [1.29, 1.82) is 0 Å². The van der Waals surface area contributed by atoms with Crippen LogP contribution in [-0.4, -0.2) is 50.1 Å². The first-order valence-corrected chi connectivity index (χ1v) is 8.19. The lowest BCUT2D eigenvalue weighted by molar-refractivity contribution is -0.122. The van der Waals surface area contributed by atoms with E-state index in [1.54, 1.807) is 12.1 Å². The number of hydrogen-bond donors (Lipinski definition) is 2. The van der Waals surface area contributed by atoms with Crippen molar-refractivity contribution in [3.05, 3.63) is 34.6 Å². The summed E-state index contributed by atoms with van der Waals surface area (Å²) in [6.45, 7) is 5.56. The quantitative estimate of drug-likeness (QED) is 0.864. The van der Waals surface area contributed by atoms with Crippen molar-refractivity contribution in [2.45, 2.75) is 12.3 Å². The molecule has 2 N–H and O–H groups in total. The predicted octanol–water partition coefficient (Wildman–Crippen LogP) is 1.60. The standard InChI is InChI=1S/C16H21ClFN3O/c17-13-2-1-3-14(18)15(13)11-10-12(11)16(22)20-6-9-21-7-4-19-5-8-21/h1-3,11-12,19H,4-10H2,(H,20,22)/t11-,12+/m1/s1. The van der Waals surface area contributed by atoms with Crippen molar-refractivity contribution in [2.24, 2.45) is 5.92 Å². The molecule has 22 heavy (non-hydrogen) atoms. The molecule has 0 spiro atoms. The van der Waals surface area contributed by atoms with Gasteiger partial charge in [0.2, 0.25) is 5.91 Å². The van der Waals surface area contributed by atoms with Gasteiger partial charge in [-0.05, 0) is 18.6 Å². The zero-order valence-electron chi connectivity index (χ0n) is 12.4. The minimum absolute atomic E-state index is 0.0134. The number of nitrogens with zero attached hydrogens (tertiary/aromatic N) is 1. The summed E-state index contributed by atoms with van der Waals surface area (Å²) in [5, 5.41) is 6.68. The van der Waals surface area contributed by atoms with E-state index in [-0.39, 0.29) is 23.6 Å². The highest BCUT2D eigenvalue weighted by molar-refractivity contribution is 6.31. The number of carbonyl (C=O) groups is 1. The van der Waals surface area contributed by atoms with Crippen LogP contribution in [0.1, 0.15) is 17.9 Å². The van der Waals surface area contributed by atoms with Crippen LogP contribution in [-0.2, 0) is 4.79 Å². The van der Waals surface area contributed by atoms with Crippen molar-refractivity contribution in [1.82, 2.24) is 15.5 Å². The minimum atomic E-state index is -0.311. The smallest absolute Gasteiger partial charge is 0.223 e. The summed E-state index contributed by atoms with van der Waals surface area (Å²) in [7, 11) is 0. The highest BCUT2D eigenvalue weighted by Gasteiger charge is 2.46. The second-order valence-electron chi connectivity index (χ2n) is 5.97. The number of halogens is 2. The van der Waals surface area contributed by atoms with Crippen LogP contribution >= 0.6 is 11.6 Å². The minimum Gasteiger partial charge on any atom is -0.355 e. The molecule has 0 unspecified atom stereocenters. The maximum atomic E-state index is 13.8. The van der Waals surface area contributed by atoms with Gasteiger partial charge < -0.3 is 10.6 Å². The van der Waals surface area contributed by atoms with E-state index in [0.717, 1.165) is 32.7 Å². The first kappa shape index (κ1) is 15.7. The van der Waals surface area contributed by atoms with Crippen LogP contribution in [0, 0.1) is 11.7 Å². The fourth-order valence-corrected chi connectivity index (χ4v) is 3.37. The summed E-state index contributed by atoms with van der Waals surface area (Å²) in [6.07, 6.45) is 0.681. The monoisotopic (exact) mass is 325 g/mol. The second-order valence-corrected chi connectivity index (χ2v) is 6.37. The topological polar surface area (TPSA) is 44.4 Å². The maximum Gasteiger partial charge on any atom is 0.223 e. The van der Waals surface area contributed by atoms with E-state index in [4.69, 9.17) is 11.6 Å². The number of rotatable bonds is 5. The Kier molecular flexibility index (Phi) is 4.96. The summed E-state index contributed by atoms with van der Waals surface area (Å²) in [4.78, 5) is 14.5. The highest BCUT2D eigenvalue weighted by Crippen LogP contribution is 2.50. The van der Waals surface area contributed by atoms with Crippen molar-refractivity contribution in [2.75, 3.05) is 39.3 Å². The first-order valence-electron chi connectivity index (χ1n) is 7.81. The van der Waals surface area contributed by atoms with E-state index in [2.05, 4.69) is 15.5 Å². The molecule has 0 bridgehead atoms. The van der Waals surface area contributed by atoms with Crippen LogP contribution in [0.2, 0.25) is 5.02 Å². The number of hydrogen-bond acceptors (Lipinski definition) is 3. The fraction of sp³-hybridized carbons (Fsp3) is 0.562. The summed E-state index contributed by atoms with van der Waals surface area (Å²) >= 11 is 6.06. The van der Waals surface area contributed by atoms with Crippen LogP contribution < -0.4 is 10.6 Å². The van der Waals surface area contributed by atoms with Gasteiger partial charge in [-0.3, -0.25) is 9.69 Å². The van der Waals surface area contributed by atoms with Gasteiger partial charge in [0.15, 0.2) is 0 Å². The van der Waals surface area contributed by atoms with E-state index in [0.29, 0.717) is 23.6 Å². The van der Waals surface area contributed by atoms with Gasteiger partial charge >= 0.3 is 0 Å². The Balaban J connectivity index is 1.46. The largest absolute Gasteiger partial charge is 0.355 e. The molecule has 3 rings (SSSR count). The Hall–Kier alpha value is -1.17. The number of piperazine rings is 1. The molecule has 1 aromatic rings. The van der Waals surface area contributed by atoms with Gasteiger partial charge in [-0.25, -0.2) is 4.39 Å². The SMILES string of the molecule is O=C(NCCN1CCNCC1)[C@H]1C[C@H]1c1c(F)cccc1Cl. The zero-order chi connectivity index (χ0) is 15.5. The van der Waals surface area contributed by atoms with E-state index < -0.39 is 0 Å². The normalized spacial score (nSPS) is 25.0. The van der Waals surface area contributed by atoms with Gasteiger partial charge in [-0.1, -0.05) is 17.7 Å². The number of nitrogens with one attached hydrogen (secondary N) is 2.